The number of aromatic nitrogens is 3. The van der Waals surface area contributed by atoms with Crippen molar-refractivity contribution in [2.24, 2.45) is 0 Å². The van der Waals surface area contributed by atoms with Crippen LogP contribution < -0.4 is 0 Å². The lowest BCUT2D eigenvalue weighted by molar-refractivity contribution is 0.768. The second kappa shape index (κ2) is 13.6. The predicted octanol–water partition coefficient (Wildman–Crippen LogP) is 12.6. The molecule has 1 aromatic heterocycles. The van der Waals surface area contributed by atoms with Crippen molar-refractivity contribution in [1.29, 1.82) is 0 Å². The third-order valence-electron chi connectivity index (χ3n) is 10.8. The summed E-state index contributed by atoms with van der Waals surface area (Å²) >= 11 is 0. The Kier molecular flexibility index (Phi) is 8.04. The SMILES string of the molecule is c1ccc(-c2nc(-c3ccccc3)nc(-c3ccccc3-c3cccc(-c4cccc5c4-c4ccccc4C5(c4ccccc4)c4ccccc4)c3)n2)cc1. The quantitative estimate of drug-likeness (QED) is 0.166. The maximum atomic E-state index is 5.09. The number of fused-ring (bicyclic) bond motifs is 3. The summed E-state index contributed by atoms with van der Waals surface area (Å²) in [4.78, 5) is 15.1. The van der Waals surface area contributed by atoms with Crippen molar-refractivity contribution in [3.8, 4) is 67.5 Å². The van der Waals surface area contributed by atoms with Crippen LogP contribution in [0.2, 0.25) is 0 Å². The van der Waals surface area contributed by atoms with Crippen LogP contribution in [0.4, 0.5) is 0 Å². The van der Waals surface area contributed by atoms with E-state index in [1.165, 1.54) is 38.9 Å². The summed E-state index contributed by atoms with van der Waals surface area (Å²) in [6.07, 6.45) is 0. The molecule has 3 heteroatoms. The van der Waals surface area contributed by atoms with E-state index in [9.17, 15) is 0 Å². The molecule has 0 atom stereocenters. The molecule has 55 heavy (non-hydrogen) atoms. The molecule has 0 saturated heterocycles. The number of hydrogen-bond donors (Lipinski definition) is 0. The minimum atomic E-state index is -0.458. The van der Waals surface area contributed by atoms with Gasteiger partial charge in [-0.05, 0) is 61.7 Å². The summed E-state index contributed by atoms with van der Waals surface area (Å²) in [6.45, 7) is 0. The van der Waals surface area contributed by atoms with Crippen molar-refractivity contribution in [2.45, 2.75) is 5.41 Å². The van der Waals surface area contributed by atoms with Gasteiger partial charge in [-0.15, -0.1) is 0 Å². The average molecular weight is 702 g/mol. The van der Waals surface area contributed by atoms with Gasteiger partial charge in [0.15, 0.2) is 17.5 Å². The van der Waals surface area contributed by atoms with Crippen molar-refractivity contribution >= 4 is 0 Å². The summed E-state index contributed by atoms with van der Waals surface area (Å²) in [5.41, 5.74) is 14.5. The first-order chi connectivity index (χ1) is 27.3. The van der Waals surface area contributed by atoms with E-state index in [2.05, 4.69) is 152 Å². The number of nitrogens with zero attached hydrogens (tertiary/aromatic N) is 3. The predicted molar refractivity (Wildman–Crippen MR) is 224 cm³/mol. The molecular weight excluding hydrogens is 667 g/mol. The van der Waals surface area contributed by atoms with Gasteiger partial charge in [0.2, 0.25) is 0 Å². The third-order valence-corrected chi connectivity index (χ3v) is 10.8. The highest BCUT2D eigenvalue weighted by Gasteiger charge is 2.46. The Balaban J connectivity index is 1.15. The number of benzene rings is 8. The molecule has 0 spiro atoms. The van der Waals surface area contributed by atoms with Crippen molar-refractivity contribution in [3.05, 3.63) is 235 Å². The van der Waals surface area contributed by atoms with Crippen molar-refractivity contribution in [1.82, 2.24) is 15.0 Å². The Morgan fingerprint density at radius 3 is 1.27 bits per heavy atom. The monoisotopic (exact) mass is 701 g/mol. The number of hydrogen-bond acceptors (Lipinski definition) is 3. The fourth-order valence-corrected chi connectivity index (χ4v) is 8.45. The molecule has 1 aliphatic rings. The molecule has 9 aromatic rings. The largest absolute Gasteiger partial charge is 0.208 e. The fourth-order valence-electron chi connectivity index (χ4n) is 8.45. The van der Waals surface area contributed by atoms with Crippen LogP contribution in [0.5, 0.6) is 0 Å². The zero-order chi connectivity index (χ0) is 36.6. The van der Waals surface area contributed by atoms with Crippen molar-refractivity contribution in [3.63, 3.8) is 0 Å². The molecule has 0 unspecified atom stereocenters. The summed E-state index contributed by atoms with van der Waals surface area (Å²) in [7, 11) is 0. The number of rotatable bonds is 7. The van der Waals surface area contributed by atoms with Crippen LogP contribution >= 0.6 is 0 Å². The van der Waals surface area contributed by atoms with E-state index in [-0.39, 0.29) is 0 Å². The van der Waals surface area contributed by atoms with E-state index in [4.69, 9.17) is 15.0 Å². The molecule has 0 amide bonds. The molecule has 258 valence electrons. The molecule has 1 aliphatic carbocycles. The van der Waals surface area contributed by atoms with Crippen molar-refractivity contribution < 1.29 is 0 Å². The first-order valence-electron chi connectivity index (χ1n) is 18.7. The Hall–Kier alpha value is -7.23. The second-order valence-corrected chi connectivity index (χ2v) is 13.9. The van der Waals surface area contributed by atoms with Gasteiger partial charge in [0.05, 0.1) is 5.41 Å². The van der Waals surface area contributed by atoms with Crippen LogP contribution in [0.25, 0.3) is 67.5 Å². The zero-order valence-corrected chi connectivity index (χ0v) is 30.0. The summed E-state index contributed by atoms with van der Waals surface area (Å²) in [6, 6.07) is 75.3. The first-order valence-corrected chi connectivity index (χ1v) is 18.7. The molecule has 1 heterocycles. The molecule has 0 N–H and O–H groups in total. The van der Waals surface area contributed by atoms with Gasteiger partial charge in [0.1, 0.15) is 0 Å². The second-order valence-electron chi connectivity index (χ2n) is 13.9. The van der Waals surface area contributed by atoms with E-state index in [0.29, 0.717) is 17.5 Å². The molecule has 0 saturated carbocycles. The molecule has 3 nitrogen and oxygen atoms in total. The highest BCUT2D eigenvalue weighted by atomic mass is 15.0. The third kappa shape index (κ3) is 5.48. The summed E-state index contributed by atoms with van der Waals surface area (Å²) in [5, 5.41) is 0. The minimum absolute atomic E-state index is 0.458. The van der Waals surface area contributed by atoms with E-state index < -0.39 is 5.41 Å². The molecule has 8 aromatic carbocycles. The van der Waals surface area contributed by atoms with E-state index in [1.807, 2.05) is 60.7 Å². The zero-order valence-electron chi connectivity index (χ0n) is 30.0. The van der Waals surface area contributed by atoms with E-state index in [0.717, 1.165) is 33.4 Å². The van der Waals surface area contributed by atoms with Crippen LogP contribution in [0, 0.1) is 0 Å². The maximum Gasteiger partial charge on any atom is 0.164 e. The summed E-state index contributed by atoms with van der Waals surface area (Å²) in [5.74, 6) is 1.93. The lowest BCUT2D eigenvalue weighted by atomic mass is 9.67. The summed E-state index contributed by atoms with van der Waals surface area (Å²) < 4.78 is 0. The fraction of sp³-hybridized carbons (Fsp3) is 0.0192. The molecule has 10 rings (SSSR count). The highest BCUT2D eigenvalue weighted by Crippen LogP contribution is 2.58. The first kappa shape index (κ1) is 32.4. The molecule has 0 fully saturated rings. The normalized spacial score (nSPS) is 12.5. The van der Waals surface area contributed by atoms with Gasteiger partial charge in [0.25, 0.3) is 0 Å². The lowest BCUT2D eigenvalue weighted by Gasteiger charge is -2.34. The Morgan fingerprint density at radius 1 is 0.273 bits per heavy atom. The van der Waals surface area contributed by atoms with Crippen molar-refractivity contribution in [2.75, 3.05) is 0 Å². The Labute approximate surface area is 321 Å². The highest BCUT2D eigenvalue weighted by molar-refractivity contribution is 5.96. The average Bonchev–Trinajstić information content (AvgIpc) is 3.59. The molecule has 0 aliphatic heterocycles. The van der Waals surface area contributed by atoms with Gasteiger partial charge in [0, 0.05) is 16.7 Å². The van der Waals surface area contributed by atoms with Crippen LogP contribution in [-0.2, 0) is 5.41 Å². The molecule has 0 radical (unpaired) electrons. The van der Waals surface area contributed by atoms with Gasteiger partial charge < -0.3 is 0 Å². The smallest absolute Gasteiger partial charge is 0.164 e. The van der Waals surface area contributed by atoms with Crippen LogP contribution in [0.15, 0.2) is 212 Å². The van der Waals surface area contributed by atoms with E-state index >= 15 is 0 Å². The van der Waals surface area contributed by atoms with Crippen LogP contribution in [0.3, 0.4) is 0 Å². The minimum Gasteiger partial charge on any atom is -0.208 e. The maximum absolute atomic E-state index is 5.09. The van der Waals surface area contributed by atoms with Gasteiger partial charge >= 0.3 is 0 Å². The van der Waals surface area contributed by atoms with Gasteiger partial charge in [-0.2, -0.15) is 0 Å². The Bertz CT molecular complexity index is 2700. The standard InChI is InChI=1S/C52H35N3/c1-5-19-36(20-6-1)49-53-50(37-21-7-2-8-22-37)55-51(54-49)44-30-14-13-29-42(44)38-23-17-24-39(35-38)43-32-18-34-47-48(43)45-31-15-16-33-46(45)52(47,40-25-9-3-10-26-40)41-27-11-4-12-28-41/h1-35H. The van der Waals surface area contributed by atoms with Gasteiger partial charge in [-0.3, -0.25) is 0 Å². The van der Waals surface area contributed by atoms with Crippen LogP contribution in [-0.4, -0.2) is 15.0 Å². The van der Waals surface area contributed by atoms with Gasteiger partial charge in [-0.1, -0.05) is 206 Å². The molecule has 0 bridgehead atoms. The lowest BCUT2D eigenvalue weighted by Crippen LogP contribution is -2.28. The topological polar surface area (TPSA) is 38.7 Å². The van der Waals surface area contributed by atoms with Gasteiger partial charge in [-0.25, -0.2) is 15.0 Å². The Morgan fingerprint density at radius 2 is 0.673 bits per heavy atom. The van der Waals surface area contributed by atoms with E-state index in [1.54, 1.807) is 0 Å². The molecular formula is C52H35N3. The van der Waals surface area contributed by atoms with Crippen LogP contribution in [0.1, 0.15) is 22.3 Å².